The van der Waals surface area contributed by atoms with Crippen molar-refractivity contribution in [2.24, 2.45) is 11.7 Å². The fraction of sp³-hybridized carbons (Fsp3) is 0.500. The standard InChI is InChI=1S/C18H25N3O2S/c19-12-17(14-6-2-1-3-7-14)21-24(22,23)13-16-9-4-8-15-10-5-11-20-18(15)16/h4-5,8-11,14,17,21H,1-3,6-7,12-13,19H2. The molecule has 0 spiro atoms. The summed E-state index contributed by atoms with van der Waals surface area (Å²) in [6.45, 7) is 0.345. The Hall–Kier alpha value is -1.50. The highest BCUT2D eigenvalue weighted by atomic mass is 32.2. The quantitative estimate of drug-likeness (QED) is 0.841. The van der Waals surface area contributed by atoms with Crippen molar-refractivity contribution in [2.45, 2.75) is 43.9 Å². The predicted molar refractivity (Wildman–Crippen MR) is 96.9 cm³/mol. The largest absolute Gasteiger partial charge is 0.329 e. The van der Waals surface area contributed by atoms with E-state index in [1.807, 2.05) is 30.3 Å². The number of nitrogens with zero attached hydrogens (tertiary/aromatic N) is 1. The molecule has 1 aromatic heterocycles. The monoisotopic (exact) mass is 347 g/mol. The van der Waals surface area contributed by atoms with Gasteiger partial charge in [0.1, 0.15) is 0 Å². The fourth-order valence-electron chi connectivity index (χ4n) is 3.63. The van der Waals surface area contributed by atoms with Crippen LogP contribution in [0.25, 0.3) is 10.9 Å². The van der Waals surface area contributed by atoms with E-state index in [4.69, 9.17) is 5.73 Å². The lowest BCUT2D eigenvalue weighted by molar-refractivity contribution is 0.294. The maximum absolute atomic E-state index is 12.7. The maximum Gasteiger partial charge on any atom is 0.216 e. The van der Waals surface area contributed by atoms with Gasteiger partial charge in [-0.15, -0.1) is 0 Å². The van der Waals surface area contributed by atoms with E-state index in [-0.39, 0.29) is 11.8 Å². The molecule has 0 saturated heterocycles. The normalized spacial score (nSPS) is 17.9. The van der Waals surface area contributed by atoms with E-state index in [0.29, 0.717) is 12.5 Å². The lowest BCUT2D eigenvalue weighted by atomic mass is 9.84. The van der Waals surface area contributed by atoms with Crippen molar-refractivity contribution in [1.29, 1.82) is 0 Å². The van der Waals surface area contributed by atoms with Crippen LogP contribution < -0.4 is 10.5 Å². The Morgan fingerprint density at radius 3 is 2.67 bits per heavy atom. The van der Waals surface area contributed by atoms with Crippen LogP contribution in [0.5, 0.6) is 0 Å². The van der Waals surface area contributed by atoms with E-state index in [1.54, 1.807) is 6.20 Å². The van der Waals surface area contributed by atoms with Gasteiger partial charge in [0.2, 0.25) is 10.0 Å². The summed E-state index contributed by atoms with van der Waals surface area (Å²) in [5.74, 6) is 0.286. The number of pyridine rings is 1. The van der Waals surface area contributed by atoms with E-state index >= 15 is 0 Å². The van der Waals surface area contributed by atoms with Crippen LogP contribution in [-0.2, 0) is 15.8 Å². The van der Waals surface area contributed by atoms with Gasteiger partial charge in [-0.05, 0) is 30.4 Å². The van der Waals surface area contributed by atoms with Gasteiger partial charge in [-0.3, -0.25) is 4.98 Å². The molecule has 1 heterocycles. The first kappa shape index (κ1) is 17.3. The minimum absolute atomic E-state index is 0.0649. The molecule has 1 saturated carbocycles. The first-order chi connectivity index (χ1) is 11.6. The van der Waals surface area contributed by atoms with Crippen molar-refractivity contribution in [3.05, 3.63) is 42.1 Å². The van der Waals surface area contributed by atoms with Gasteiger partial charge in [-0.25, -0.2) is 13.1 Å². The van der Waals surface area contributed by atoms with E-state index in [1.165, 1.54) is 6.42 Å². The summed E-state index contributed by atoms with van der Waals surface area (Å²) in [5.41, 5.74) is 7.32. The summed E-state index contributed by atoms with van der Waals surface area (Å²) in [4.78, 5) is 4.34. The van der Waals surface area contributed by atoms with Crippen molar-refractivity contribution >= 4 is 20.9 Å². The van der Waals surface area contributed by atoms with Crippen molar-refractivity contribution in [3.63, 3.8) is 0 Å². The third kappa shape index (κ3) is 4.12. The van der Waals surface area contributed by atoms with Gasteiger partial charge in [0, 0.05) is 24.2 Å². The molecule has 3 rings (SSSR count). The van der Waals surface area contributed by atoms with Crippen molar-refractivity contribution in [1.82, 2.24) is 9.71 Å². The second-order valence-electron chi connectivity index (χ2n) is 6.61. The molecule has 2 aromatic rings. The van der Waals surface area contributed by atoms with Crippen LogP contribution >= 0.6 is 0 Å². The minimum atomic E-state index is -3.46. The molecule has 1 fully saturated rings. The Balaban J connectivity index is 1.77. The maximum atomic E-state index is 12.7. The van der Waals surface area contributed by atoms with Gasteiger partial charge in [-0.2, -0.15) is 0 Å². The summed E-state index contributed by atoms with van der Waals surface area (Å²) in [6.07, 6.45) is 7.37. The van der Waals surface area contributed by atoms with Gasteiger partial charge in [0.05, 0.1) is 11.3 Å². The molecular weight excluding hydrogens is 322 g/mol. The summed E-state index contributed by atoms with van der Waals surface area (Å²) in [7, 11) is -3.46. The van der Waals surface area contributed by atoms with Gasteiger partial charge in [0.15, 0.2) is 0 Å². The first-order valence-corrected chi connectivity index (χ1v) is 10.3. The molecule has 0 bridgehead atoms. The van der Waals surface area contributed by atoms with Gasteiger partial charge in [-0.1, -0.05) is 43.5 Å². The zero-order valence-corrected chi connectivity index (χ0v) is 14.6. The van der Waals surface area contributed by atoms with E-state index in [9.17, 15) is 8.42 Å². The third-order valence-corrected chi connectivity index (χ3v) is 6.22. The smallest absolute Gasteiger partial charge is 0.216 e. The number of fused-ring (bicyclic) bond motifs is 1. The van der Waals surface area contributed by atoms with Crippen molar-refractivity contribution in [3.8, 4) is 0 Å². The van der Waals surface area contributed by atoms with E-state index in [0.717, 1.165) is 42.1 Å². The third-order valence-electron chi connectivity index (χ3n) is 4.87. The number of benzene rings is 1. The Morgan fingerprint density at radius 1 is 1.17 bits per heavy atom. The first-order valence-electron chi connectivity index (χ1n) is 8.62. The Bertz CT molecular complexity index is 780. The molecule has 0 aliphatic heterocycles. The van der Waals surface area contributed by atoms with Gasteiger partial charge >= 0.3 is 0 Å². The fourth-order valence-corrected chi connectivity index (χ4v) is 5.11. The van der Waals surface area contributed by atoms with E-state index in [2.05, 4.69) is 9.71 Å². The summed E-state index contributed by atoms with van der Waals surface area (Å²) in [5, 5.41) is 0.952. The Labute approximate surface area is 143 Å². The van der Waals surface area contributed by atoms with Crippen LogP contribution in [0.2, 0.25) is 0 Å². The van der Waals surface area contributed by atoms with Crippen LogP contribution in [0.15, 0.2) is 36.5 Å². The van der Waals surface area contributed by atoms with Crippen LogP contribution in [0.4, 0.5) is 0 Å². The second kappa shape index (κ2) is 7.59. The van der Waals surface area contributed by atoms with Crippen LogP contribution in [0, 0.1) is 5.92 Å². The average molecular weight is 347 g/mol. The van der Waals surface area contributed by atoms with Crippen molar-refractivity contribution in [2.75, 3.05) is 6.54 Å². The Morgan fingerprint density at radius 2 is 1.92 bits per heavy atom. The number of hydrogen-bond donors (Lipinski definition) is 2. The van der Waals surface area contributed by atoms with Gasteiger partial charge < -0.3 is 5.73 Å². The highest BCUT2D eigenvalue weighted by Crippen LogP contribution is 2.27. The molecule has 3 N–H and O–H groups in total. The summed E-state index contributed by atoms with van der Waals surface area (Å²) >= 11 is 0. The molecule has 0 radical (unpaired) electrons. The molecular formula is C18H25N3O2S. The minimum Gasteiger partial charge on any atom is -0.329 e. The lowest BCUT2D eigenvalue weighted by Gasteiger charge is -2.29. The highest BCUT2D eigenvalue weighted by Gasteiger charge is 2.27. The SMILES string of the molecule is NCC(NS(=O)(=O)Cc1cccc2cccnc12)C1CCCCC1. The van der Waals surface area contributed by atoms with Crippen LogP contribution in [0.3, 0.4) is 0 Å². The van der Waals surface area contributed by atoms with Gasteiger partial charge in [0.25, 0.3) is 0 Å². The molecule has 6 heteroatoms. The topological polar surface area (TPSA) is 85.1 Å². The molecule has 1 aromatic carbocycles. The summed E-state index contributed by atoms with van der Waals surface area (Å²) < 4.78 is 28.2. The highest BCUT2D eigenvalue weighted by molar-refractivity contribution is 7.88. The predicted octanol–water partition coefficient (Wildman–Crippen LogP) is 2.56. The molecule has 5 nitrogen and oxygen atoms in total. The number of aromatic nitrogens is 1. The van der Waals surface area contributed by atoms with Crippen LogP contribution in [-0.4, -0.2) is 26.0 Å². The number of para-hydroxylation sites is 1. The lowest BCUT2D eigenvalue weighted by Crippen LogP contribution is -2.46. The average Bonchev–Trinajstić information content (AvgIpc) is 2.60. The molecule has 1 aliphatic rings. The molecule has 1 unspecified atom stereocenters. The van der Waals surface area contributed by atoms with Crippen molar-refractivity contribution < 1.29 is 8.42 Å². The number of nitrogens with one attached hydrogen (secondary N) is 1. The number of hydrogen-bond acceptors (Lipinski definition) is 4. The molecule has 1 aliphatic carbocycles. The molecule has 24 heavy (non-hydrogen) atoms. The van der Waals surface area contributed by atoms with Crippen LogP contribution in [0.1, 0.15) is 37.7 Å². The zero-order chi connectivity index (χ0) is 17.0. The summed E-state index contributed by atoms with van der Waals surface area (Å²) in [6, 6.07) is 9.26. The molecule has 130 valence electrons. The number of nitrogens with two attached hydrogens (primary N) is 1. The second-order valence-corrected chi connectivity index (χ2v) is 8.36. The molecule has 1 atom stereocenters. The zero-order valence-electron chi connectivity index (χ0n) is 13.8. The number of sulfonamides is 1. The molecule has 0 amide bonds. The number of rotatable bonds is 6. The van der Waals surface area contributed by atoms with E-state index < -0.39 is 10.0 Å². The Kier molecular flexibility index (Phi) is 5.48.